The van der Waals surface area contributed by atoms with E-state index in [4.69, 9.17) is 14.2 Å². The number of aliphatic hydroxyl groups excluding tert-OH is 2. The van der Waals surface area contributed by atoms with E-state index in [1.807, 2.05) is 19.2 Å². The summed E-state index contributed by atoms with van der Waals surface area (Å²) < 4.78 is 22.8. The fourth-order valence-corrected chi connectivity index (χ4v) is 8.44. The van der Waals surface area contributed by atoms with Gasteiger partial charge in [-0.15, -0.1) is 0 Å². The highest BCUT2D eigenvalue weighted by atomic mass is 16.5. The molecule has 0 saturated heterocycles. The molecule has 0 amide bonds. The molecular weight excluding hydrogens is 687 g/mol. The molecule has 0 saturated carbocycles. The molecule has 55 heavy (non-hydrogen) atoms. The van der Waals surface area contributed by atoms with Crippen molar-refractivity contribution in [2.45, 2.75) is 84.3 Å². The standard InChI is InChI=1S/C47H61N3O5/c1-32(2)44(36-21-24-48(7)25-22-36)55-45-34(14-19-42-47(5,6)39-30-37(54-9)16-18-41(39)49(42)23-10-27-51)12-13-35(45)15-20-43-46(3,4)38-29-33(31-52)11-17-40(38)50(43)26-28-53-8/h11,14-22,24-25,29-30,32,44,51-52H,10,12-13,23,26-28,31H2,1-9H3/q+2. The van der Waals surface area contributed by atoms with Crippen LogP contribution in [0.25, 0.3) is 0 Å². The van der Waals surface area contributed by atoms with Gasteiger partial charge in [0, 0.05) is 78.9 Å². The van der Waals surface area contributed by atoms with Gasteiger partial charge in [0.1, 0.15) is 24.7 Å². The van der Waals surface area contributed by atoms with Crippen LogP contribution in [0, 0.1) is 5.92 Å². The van der Waals surface area contributed by atoms with Crippen molar-refractivity contribution in [3.05, 3.63) is 130 Å². The number of allylic oxidation sites excluding steroid dienone is 7. The van der Waals surface area contributed by atoms with Gasteiger partial charge in [-0.1, -0.05) is 45.9 Å². The lowest BCUT2D eigenvalue weighted by Crippen LogP contribution is -2.28. The van der Waals surface area contributed by atoms with Crippen molar-refractivity contribution >= 4 is 17.1 Å². The van der Waals surface area contributed by atoms with E-state index in [-0.39, 0.29) is 36.1 Å². The Balaban J connectivity index is 1.46. The molecule has 2 aromatic carbocycles. The van der Waals surface area contributed by atoms with Crippen molar-refractivity contribution in [1.82, 2.24) is 0 Å². The number of anilines is 1. The van der Waals surface area contributed by atoms with Gasteiger partial charge in [0.15, 0.2) is 24.7 Å². The maximum Gasteiger partial charge on any atom is 0.210 e. The zero-order valence-corrected chi connectivity index (χ0v) is 34.4. The highest BCUT2D eigenvalue weighted by Crippen LogP contribution is 2.49. The average Bonchev–Trinajstić information content (AvgIpc) is 3.73. The predicted molar refractivity (Wildman–Crippen MR) is 220 cm³/mol. The molecule has 0 bridgehead atoms. The molecule has 3 heterocycles. The number of aliphatic hydroxyl groups is 2. The van der Waals surface area contributed by atoms with E-state index >= 15 is 0 Å². The third-order valence-electron chi connectivity index (χ3n) is 11.6. The summed E-state index contributed by atoms with van der Waals surface area (Å²) in [5.74, 6) is 2.02. The highest BCUT2D eigenvalue weighted by Gasteiger charge is 2.45. The van der Waals surface area contributed by atoms with E-state index in [2.05, 4.69) is 129 Å². The van der Waals surface area contributed by atoms with Crippen LogP contribution in [0.15, 0.2) is 108 Å². The zero-order valence-electron chi connectivity index (χ0n) is 34.4. The van der Waals surface area contributed by atoms with Crippen LogP contribution < -0.4 is 14.2 Å². The van der Waals surface area contributed by atoms with E-state index in [0.29, 0.717) is 13.0 Å². The molecule has 292 valence electrons. The summed E-state index contributed by atoms with van der Waals surface area (Å²) in [6.07, 6.45) is 15.5. The molecule has 1 atom stereocenters. The van der Waals surface area contributed by atoms with Crippen LogP contribution in [0.2, 0.25) is 0 Å². The number of methoxy groups -OCH3 is 2. The Hall–Kier alpha value is -4.50. The molecule has 0 spiro atoms. The minimum Gasteiger partial charge on any atom is -0.497 e. The first-order valence-corrected chi connectivity index (χ1v) is 19.8. The van der Waals surface area contributed by atoms with Crippen LogP contribution in [0.4, 0.5) is 11.4 Å². The zero-order chi connectivity index (χ0) is 39.5. The monoisotopic (exact) mass is 747 g/mol. The van der Waals surface area contributed by atoms with Gasteiger partial charge >= 0.3 is 0 Å². The van der Waals surface area contributed by atoms with E-state index in [1.165, 1.54) is 33.7 Å². The van der Waals surface area contributed by atoms with Crippen molar-refractivity contribution in [1.29, 1.82) is 0 Å². The second-order valence-electron chi connectivity index (χ2n) is 16.4. The quantitative estimate of drug-likeness (QED) is 0.153. The van der Waals surface area contributed by atoms with E-state index in [0.717, 1.165) is 59.9 Å². The third kappa shape index (κ3) is 7.95. The number of ether oxygens (including phenoxy) is 3. The fourth-order valence-electron chi connectivity index (χ4n) is 8.44. The second kappa shape index (κ2) is 16.7. The summed E-state index contributed by atoms with van der Waals surface area (Å²) >= 11 is 0. The number of hydrogen-bond acceptors (Lipinski definition) is 6. The first kappa shape index (κ1) is 40.2. The molecule has 1 aliphatic carbocycles. The van der Waals surface area contributed by atoms with Crippen molar-refractivity contribution in [2.75, 3.05) is 45.4 Å². The Kier molecular flexibility index (Phi) is 12.2. The van der Waals surface area contributed by atoms with Crippen LogP contribution in [0.3, 0.4) is 0 Å². The van der Waals surface area contributed by atoms with Crippen molar-refractivity contribution in [3.63, 3.8) is 0 Å². The Morgan fingerprint density at radius 1 is 0.891 bits per heavy atom. The first-order valence-electron chi connectivity index (χ1n) is 19.8. The van der Waals surface area contributed by atoms with Crippen molar-refractivity contribution in [2.24, 2.45) is 13.0 Å². The maximum absolute atomic E-state index is 9.98. The average molecular weight is 748 g/mol. The highest BCUT2D eigenvalue weighted by molar-refractivity contribution is 6.03. The lowest BCUT2D eigenvalue weighted by Gasteiger charge is -2.27. The van der Waals surface area contributed by atoms with E-state index in [9.17, 15) is 10.2 Å². The molecule has 2 aliphatic heterocycles. The van der Waals surface area contributed by atoms with Crippen LogP contribution in [-0.2, 0) is 34.0 Å². The molecule has 0 radical (unpaired) electrons. The fraction of sp³-hybridized carbons (Fsp3) is 0.447. The molecular formula is C47H61N3O5+2. The van der Waals surface area contributed by atoms with E-state index in [1.54, 1.807) is 14.2 Å². The summed E-state index contributed by atoms with van der Waals surface area (Å²) in [4.78, 5) is 2.37. The molecule has 1 aromatic heterocycles. The van der Waals surface area contributed by atoms with Crippen LogP contribution >= 0.6 is 0 Å². The van der Waals surface area contributed by atoms with Gasteiger partial charge in [-0.2, -0.15) is 4.58 Å². The van der Waals surface area contributed by atoms with Crippen molar-refractivity contribution < 1.29 is 33.6 Å². The number of fused-ring (bicyclic) bond motifs is 2. The molecule has 8 heteroatoms. The number of pyridine rings is 1. The van der Waals surface area contributed by atoms with Gasteiger partial charge < -0.3 is 29.3 Å². The summed E-state index contributed by atoms with van der Waals surface area (Å²) in [5.41, 5.74) is 11.0. The summed E-state index contributed by atoms with van der Waals surface area (Å²) in [6.45, 7) is 15.7. The van der Waals surface area contributed by atoms with E-state index < -0.39 is 0 Å². The van der Waals surface area contributed by atoms with Crippen LogP contribution in [0.1, 0.15) is 89.2 Å². The summed E-state index contributed by atoms with van der Waals surface area (Å²) in [5, 5.41) is 19.8. The Labute approximate surface area is 328 Å². The van der Waals surface area contributed by atoms with Gasteiger partial charge in [0.05, 0.1) is 25.7 Å². The maximum atomic E-state index is 9.98. The number of nitrogens with zero attached hydrogens (tertiary/aromatic N) is 3. The molecule has 0 fully saturated rings. The minimum absolute atomic E-state index is 0.0127. The van der Waals surface area contributed by atoms with Gasteiger partial charge in [0.2, 0.25) is 5.69 Å². The van der Waals surface area contributed by atoms with Gasteiger partial charge in [-0.05, 0) is 85.2 Å². The predicted octanol–water partition coefficient (Wildman–Crippen LogP) is 8.04. The second-order valence-corrected chi connectivity index (χ2v) is 16.4. The van der Waals surface area contributed by atoms with Crippen LogP contribution in [-0.4, -0.2) is 61.0 Å². The van der Waals surface area contributed by atoms with Crippen molar-refractivity contribution in [3.8, 4) is 5.75 Å². The lowest BCUT2D eigenvalue weighted by molar-refractivity contribution is -0.671. The number of hydrogen-bond donors (Lipinski definition) is 2. The molecule has 3 aromatic rings. The molecule has 8 nitrogen and oxygen atoms in total. The molecule has 2 N–H and O–H groups in total. The number of rotatable bonds is 15. The van der Waals surface area contributed by atoms with Gasteiger partial charge in [-0.25, -0.2) is 4.57 Å². The lowest BCUT2D eigenvalue weighted by atomic mass is 9.81. The topological polar surface area (TPSA) is 78.3 Å². The summed E-state index contributed by atoms with van der Waals surface area (Å²) in [7, 11) is 5.49. The SMILES string of the molecule is COCCN1/C(=C/C=C2\CCC(/C=C/C3=[N+](CCCO)c4ccc(OC)cc4C3(C)C)=C2OC(c2cc[n+](C)cc2)C(C)C)C(C)(C)c2cc(CO)ccc21. The third-order valence-corrected chi connectivity index (χ3v) is 11.6. The number of benzene rings is 2. The number of aryl methyl sites for hydroxylation is 1. The Morgan fingerprint density at radius 2 is 1.65 bits per heavy atom. The summed E-state index contributed by atoms with van der Waals surface area (Å²) in [6, 6.07) is 16.9. The first-order chi connectivity index (χ1) is 26.3. The minimum atomic E-state index is -0.280. The van der Waals surface area contributed by atoms with Gasteiger partial charge in [0.25, 0.3) is 0 Å². The molecule has 6 rings (SSSR count). The Bertz CT molecular complexity index is 2030. The smallest absolute Gasteiger partial charge is 0.210 e. The Morgan fingerprint density at radius 3 is 2.33 bits per heavy atom. The van der Waals surface area contributed by atoms with Gasteiger partial charge in [-0.3, -0.25) is 0 Å². The van der Waals surface area contributed by atoms with Crippen LogP contribution in [0.5, 0.6) is 5.75 Å². The largest absolute Gasteiger partial charge is 0.497 e. The number of aromatic nitrogens is 1. The normalized spacial score (nSPS) is 19.4. The molecule has 1 unspecified atom stereocenters. The molecule has 3 aliphatic rings.